The summed E-state index contributed by atoms with van der Waals surface area (Å²) in [6.07, 6.45) is 0. The van der Waals surface area contributed by atoms with Crippen LogP contribution in [-0.2, 0) is 6.54 Å². The third-order valence-electron chi connectivity index (χ3n) is 2.67. The fourth-order valence-electron chi connectivity index (χ4n) is 1.74. The third-order valence-corrected chi connectivity index (χ3v) is 3.41. The minimum absolute atomic E-state index is 0.229. The Labute approximate surface area is 116 Å². The van der Waals surface area contributed by atoms with Crippen molar-refractivity contribution in [1.29, 1.82) is 0 Å². The molecule has 0 saturated heterocycles. The molecule has 0 bridgehead atoms. The number of hydrogen-bond donors (Lipinski definition) is 1. The predicted molar refractivity (Wildman–Crippen MR) is 74.6 cm³/mol. The van der Waals surface area contributed by atoms with Gasteiger partial charge in [0, 0.05) is 12.1 Å². The van der Waals surface area contributed by atoms with Crippen LogP contribution in [0.3, 0.4) is 0 Å². The van der Waals surface area contributed by atoms with Gasteiger partial charge in [-0.25, -0.2) is 4.39 Å². The van der Waals surface area contributed by atoms with Gasteiger partial charge in [0.15, 0.2) is 0 Å². The van der Waals surface area contributed by atoms with Crippen molar-refractivity contribution in [2.75, 3.05) is 7.05 Å². The van der Waals surface area contributed by atoms with Crippen LogP contribution in [-0.4, -0.2) is 7.05 Å². The summed E-state index contributed by atoms with van der Waals surface area (Å²) < 4.78 is 13.8. The lowest BCUT2D eigenvalue weighted by Gasteiger charge is -2.07. The lowest BCUT2D eigenvalue weighted by Crippen LogP contribution is -2.06. The van der Waals surface area contributed by atoms with Crippen molar-refractivity contribution in [2.45, 2.75) is 6.54 Å². The molecule has 94 valence electrons. The Kier molecular flexibility index (Phi) is 4.23. The molecule has 1 N–H and O–H groups in total. The number of rotatable bonds is 3. The monoisotopic (exact) mass is 283 g/mol. The van der Waals surface area contributed by atoms with Crippen LogP contribution < -0.4 is 5.32 Å². The van der Waals surface area contributed by atoms with Gasteiger partial charge < -0.3 is 5.32 Å². The van der Waals surface area contributed by atoms with Crippen LogP contribution in [0.2, 0.25) is 10.0 Å². The van der Waals surface area contributed by atoms with Gasteiger partial charge in [-0.15, -0.1) is 0 Å². The Morgan fingerprint density at radius 1 is 1.00 bits per heavy atom. The van der Waals surface area contributed by atoms with E-state index in [1.807, 2.05) is 12.1 Å². The van der Waals surface area contributed by atoms with E-state index < -0.39 is 0 Å². The summed E-state index contributed by atoms with van der Waals surface area (Å²) in [5.41, 5.74) is 2.27. The van der Waals surface area contributed by atoms with Gasteiger partial charge in [-0.3, -0.25) is 0 Å². The highest BCUT2D eigenvalue weighted by atomic mass is 35.5. The Bertz CT molecular complexity index is 570. The SMILES string of the molecule is CNCc1ccc(-c2ccc(Cl)c(Cl)c2)cc1F. The average molecular weight is 284 g/mol. The zero-order valence-corrected chi connectivity index (χ0v) is 11.3. The van der Waals surface area contributed by atoms with Gasteiger partial charge >= 0.3 is 0 Å². The lowest BCUT2D eigenvalue weighted by atomic mass is 10.0. The fourth-order valence-corrected chi connectivity index (χ4v) is 2.03. The van der Waals surface area contributed by atoms with Gasteiger partial charge in [-0.1, -0.05) is 41.4 Å². The molecule has 0 aromatic heterocycles. The van der Waals surface area contributed by atoms with Crippen molar-refractivity contribution in [1.82, 2.24) is 5.32 Å². The second-order valence-corrected chi connectivity index (χ2v) is 4.78. The minimum Gasteiger partial charge on any atom is -0.316 e. The molecule has 0 unspecified atom stereocenters. The highest BCUT2D eigenvalue weighted by Crippen LogP contribution is 2.29. The molecule has 0 spiro atoms. The van der Waals surface area contributed by atoms with Gasteiger partial charge in [0.1, 0.15) is 5.82 Å². The smallest absolute Gasteiger partial charge is 0.128 e. The van der Waals surface area contributed by atoms with E-state index in [1.54, 1.807) is 25.2 Å². The van der Waals surface area contributed by atoms with Crippen LogP contribution >= 0.6 is 23.2 Å². The Balaban J connectivity index is 2.39. The molecule has 0 radical (unpaired) electrons. The first-order valence-corrected chi connectivity index (χ1v) is 6.26. The zero-order valence-electron chi connectivity index (χ0n) is 9.81. The second-order valence-electron chi connectivity index (χ2n) is 3.97. The van der Waals surface area contributed by atoms with Crippen LogP contribution in [0.25, 0.3) is 11.1 Å². The predicted octanol–water partition coefficient (Wildman–Crippen LogP) is 4.52. The molecular formula is C14H12Cl2FN. The van der Waals surface area contributed by atoms with Crippen LogP contribution in [0.1, 0.15) is 5.56 Å². The first kappa shape index (κ1) is 13.3. The minimum atomic E-state index is -0.229. The van der Waals surface area contributed by atoms with E-state index in [1.165, 1.54) is 6.07 Å². The normalized spacial score (nSPS) is 10.7. The summed E-state index contributed by atoms with van der Waals surface area (Å²) in [6, 6.07) is 10.4. The van der Waals surface area contributed by atoms with E-state index in [4.69, 9.17) is 23.2 Å². The van der Waals surface area contributed by atoms with E-state index in [0.29, 0.717) is 22.2 Å². The Hall–Kier alpha value is -1.09. The maximum Gasteiger partial charge on any atom is 0.128 e. The van der Waals surface area contributed by atoms with Gasteiger partial charge in [-0.2, -0.15) is 0 Å². The first-order valence-electron chi connectivity index (χ1n) is 5.50. The van der Waals surface area contributed by atoms with Crippen molar-refractivity contribution >= 4 is 23.2 Å². The number of hydrogen-bond acceptors (Lipinski definition) is 1. The Morgan fingerprint density at radius 2 is 1.67 bits per heavy atom. The molecule has 18 heavy (non-hydrogen) atoms. The number of benzene rings is 2. The third kappa shape index (κ3) is 2.83. The van der Waals surface area contributed by atoms with Gasteiger partial charge in [0.2, 0.25) is 0 Å². The van der Waals surface area contributed by atoms with E-state index in [9.17, 15) is 4.39 Å². The molecule has 0 aliphatic carbocycles. The van der Waals surface area contributed by atoms with Crippen LogP contribution in [0.15, 0.2) is 36.4 Å². The molecule has 0 heterocycles. The van der Waals surface area contributed by atoms with Crippen molar-refractivity contribution in [3.63, 3.8) is 0 Å². The molecule has 4 heteroatoms. The van der Waals surface area contributed by atoms with Crippen molar-refractivity contribution < 1.29 is 4.39 Å². The van der Waals surface area contributed by atoms with Crippen molar-refractivity contribution in [3.05, 3.63) is 57.8 Å². The average Bonchev–Trinajstić information content (AvgIpc) is 2.35. The van der Waals surface area contributed by atoms with Gasteiger partial charge in [-0.05, 0) is 36.4 Å². The summed E-state index contributed by atoms with van der Waals surface area (Å²) in [6.45, 7) is 0.507. The van der Waals surface area contributed by atoms with Crippen LogP contribution in [0, 0.1) is 5.82 Å². The molecule has 1 nitrogen and oxygen atoms in total. The summed E-state index contributed by atoms with van der Waals surface area (Å²) in [5, 5.41) is 3.88. The standard InChI is InChI=1S/C14H12Cl2FN/c1-18-8-11-3-2-10(7-14(11)17)9-4-5-12(15)13(16)6-9/h2-7,18H,8H2,1H3. The largest absolute Gasteiger partial charge is 0.316 e. The molecule has 0 fully saturated rings. The molecule has 2 aromatic carbocycles. The number of nitrogens with one attached hydrogen (secondary N) is 1. The van der Waals surface area contributed by atoms with E-state index in [-0.39, 0.29) is 5.82 Å². The van der Waals surface area contributed by atoms with Gasteiger partial charge in [0.25, 0.3) is 0 Å². The van der Waals surface area contributed by atoms with Gasteiger partial charge in [0.05, 0.1) is 10.0 Å². The van der Waals surface area contributed by atoms with Crippen LogP contribution in [0.5, 0.6) is 0 Å². The topological polar surface area (TPSA) is 12.0 Å². The lowest BCUT2D eigenvalue weighted by molar-refractivity contribution is 0.601. The molecular weight excluding hydrogens is 272 g/mol. The molecule has 2 aromatic rings. The van der Waals surface area contributed by atoms with E-state index in [2.05, 4.69) is 5.32 Å². The maximum absolute atomic E-state index is 13.8. The molecule has 0 saturated carbocycles. The summed E-state index contributed by atoms with van der Waals surface area (Å²) in [4.78, 5) is 0. The van der Waals surface area contributed by atoms with Crippen molar-refractivity contribution in [2.24, 2.45) is 0 Å². The van der Waals surface area contributed by atoms with Crippen molar-refractivity contribution in [3.8, 4) is 11.1 Å². The second kappa shape index (κ2) is 5.70. The van der Waals surface area contributed by atoms with E-state index >= 15 is 0 Å². The quantitative estimate of drug-likeness (QED) is 0.873. The summed E-state index contributed by atoms with van der Waals surface area (Å²) in [7, 11) is 1.78. The highest BCUT2D eigenvalue weighted by Gasteiger charge is 2.06. The van der Waals surface area contributed by atoms with Crippen LogP contribution in [0.4, 0.5) is 4.39 Å². The van der Waals surface area contributed by atoms with E-state index in [0.717, 1.165) is 11.1 Å². The summed E-state index contributed by atoms with van der Waals surface area (Å²) >= 11 is 11.8. The Morgan fingerprint density at radius 3 is 2.28 bits per heavy atom. The zero-order chi connectivity index (χ0) is 13.1. The molecule has 0 aliphatic rings. The maximum atomic E-state index is 13.8. The fraction of sp³-hybridized carbons (Fsp3) is 0.143. The summed E-state index contributed by atoms with van der Waals surface area (Å²) in [5.74, 6) is -0.229. The first-order chi connectivity index (χ1) is 8.61. The molecule has 2 rings (SSSR count). The highest BCUT2D eigenvalue weighted by molar-refractivity contribution is 6.42. The molecule has 0 atom stereocenters. The number of halogens is 3. The molecule has 0 amide bonds. The molecule has 0 aliphatic heterocycles.